The van der Waals surface area contributed by atoms with Crippen LogP contribution < -0.4 is 21.7 Å². The Labute approximate surface area is 122 Å². The Hall–Kier alpha value is -1.48. The van der Waals surface area contributed by atoms with Gasteiger partial charge in [-0.2, -0.15) is 0 Å². The number of carbonyl (C=O) groups excluding carboxylic acids is 3. The molecule has 0 aromatic heterocycles. The quantitative estimate of drug-likeness (QED) is 0.283. The Bertz CT molecular complexity index is 451. The third kappa shape index (κ3) is 7.19. The van der Waals surface area contributed by atoms with Crippen molar-refractivity contribution in [3.8, 4) is 0 Å². The molecule has 21 heavy (non-hydrogen) atoms. The number of hydrogen-bond donors (Lipinski definition) is 6. The van der Waals surface area contributed by atoms with Crippen molar-refractivity contribution >= 4 is 25.3 Å². The summed E-state index contributed by atoms with van der Waals surface area (Å²) in [6.45, 7) is 3.63. The SMILES string of the molecule is CC(NC(=O)[C@H](C)NC(=O)[C@H](C)NC(=O)CN)P(=O)(O)O. The first-order valence-corrected chi connectivity index (χ1v) is 7.82. The summed E-state index contributed by atoms with van der Waals surface area (Å²) in [7, 11) is -4.44. The van der Waals surface area contributed by atoms with Crippen LogP contribution in [0, 0.1) is 0 Å². The molecule has 0 aromatic carbocycles. The van der Waals surface area contributed by atoms with Gasteiger partial charge in [0.2, 0.25) is 17.7 Å². The summed E-state index contributed by atoms with van der Waals surface area (Å²) in [6, 6.07) is -1.92. The minimum absolute atomic E-state index is 0.270. The molecule has 0 aliphatic carbocycles. The molecule has 0 spiro atoms. The summed E-state index contributed by atoms with van der Waals surface area (Å²) in [4.78, 5) is 52.1. The van der Waals surface area contributed by atoms with Crippen LogP contribution in [0.1, 0.15) is 20.8 Å². The predicted molar refractivity (Wildman–Crippen MR) is 73.9 cm³/mol. The zero-order valence-electron chi connectivity index (χ0n) is 12.0. The highest BCUT2D eigenvalue weighted by Gasteiger charge is 2.28. The number of amides is 3. The molecule has 11 heteroatoms. The van der Waals surface area contributed by atoms with E-state index in [1.165, 1.54) is 13.8 Å². The molecule has 1 unspecified atom stereocenters. The fourth-order valence-corrected chi connectivity index (χ4v) is 1.48. The Kier molecular flexibility index (Phi) is 7.51. The lowest BCUT2D eigenvalue weighted by Crippen LogP contribution is -2.53. The van der Waals surface area contributed by atoms with Crippen molar-refractivity contribution in [2.24, 2.45) is 5.73 Å². The molecule has 3 amide bonds. The van der Waals surface area contributed by atoms with Gasteiger partial charge in [-0.3, -0.25) is 18.9 Å². The van der Waals surface area contributed by atoms with E-state index in [1.807, 2.05) is 0 Å². The molecule has 10 nitrogen and oxygen atoms in total. The van der Waals surface area contributed by atoms with Crippen LogP contribution in [0.2, 0.25) is 0 Å². The maximum absolute atomic E-state index is 11.7. The normalized spacial score (nSPS) is 15.5. The summed E-state index contributed by atoms with van der Waals surface area (Å²) < 4.78 is 10.9. The summed E-state index contributed by atoms with van der Waals surface area (Å²) in [6.07, 6.45) is 0. The first-order chi connectivity index (χ1) is 9.48. The molecule has 7 N–H and O–H groups in total. The fourth-order valence-electron chi connectivity index (χ4n) is 1.18. The van der Waals surface area contributed by atoms with E-state index < -0.39 is 43.2 Å². The average Bonchev–Trinajstić information content (AvgIpc) is 2.36. The fraction of sp³-hybridized carbons (Fsp3) is 0.700. The van der Waals surface area contributed by atoms with Crippen LogP contribution in [0.15, 0.2) is 0 Å². The van der Waals surface area contributed by atoms with Gasteiger partial charge in [-0.05, 0) is 20.8 Å². The molecule has 0 saturated heterocycles. The van der Waals surface area contributed by atoms with Crippen molar-refractivity contribution in [1.82, 2.24) is 16.0 Å². The Morgan fingerprint density at radius 3 is 1.86 bits per heavy atom. The molecular weight excluding hydrogens is 303 g/mol. The standard InChI is InChI=1S/C10H21N4O6P/c1-5(12-8(15)4-11)9(16)13-6(2)10(17)14-7(3)21(18,19)20/h5-7H,4,11H2,1-3H3,(H,12,15)(H,13,16)(H,14,17)(H2,18,19,20)/t5-,6-,7?/m0/s1. The first kappa shape index (κ1) is 19.5. The van der Waals surface area contributed by atoms with Crippen molar-refractivity contribution in [2.75, 3.05) is 6.54 Å². The number of nitrogens with two attached hydrogens (primary N) is 1. The minimum Gasteiger partial charge on any atom is -0.343 e. The summed E-state index contributed by atoms with van der Waals surface area (Å²) in [5.41, 5.74) is 5.08. The van der Waals surface area contributed by atoms with Crippen molar-refractivity contribution < 1.29 is 28.7 Å². The van der Waals surface area contributed by atoms with Gasteiger partial charge < -0.3 is 31.5 Å². The highest BCUT2D eigenvalue weighted by Crippen LogP contribution is 2.38. The van der Waals surface area contributed by atoms with Gasteiger partial charge in [0.1, 0.15) is 17.9 Å². The predicted octanol–water partition coefficient (Wildman–Crippen LogP) is -2.41. The molecule has 0 aliphatic rings. The van der Waals surface area contributed by atoms with Gasteiger partial charge in [-0.25, -0.2) is 0 Å². The minimum atomic E-state index is -4.44. The topological polar surface area (TPSA) is 171 Å². The van der Waals surface area contributed by atoms with Crippen LogP contribution in [0.5, 0.6) is 0 Å². The summed E-state index contributed by atoms with van der Waals surface area (Å²) >= 11 is 0. The van der Waals surface area contributed by atoms with Crippen molar-refractivity contribution in [3.63, 3.8) is 0 Å². The Morgan fingerprint density at radius 2 is 1.43 bits per heavy atom. The molecule has 0 aliphatic heterocycles. The van der Waals surface area contributed by atoms with Crippen molar-refractivity contribution in [1.29, 1.82) is 0 Å². The van der Waals surface area contributed by atoms with Crippen LogP contribution in [0.3, 0.4) is 0 Å². The van der Waals surface area contributed by atoms with E-state index in [-0.39, 0.29) is 6.54 Å². The van der Waals surface area contributed by atoms with Gasteiger partial charge in [0.25, 0.3) is 0 Å². The lowest BCUT2D eigenvalue weighted by molar-refractivity contribution is -0.131. The maximum Gasteiger partial charge on any atom is 0.347 e. The molecule has 0 heterocycles. The lowest BCUT2D eigenvalue weighted by atomic mass is 10.2. The second-order valence-corrected chi connectivity index (χ2v) is 6.45. The average molecular weight is 324 g/mol. The summed E-state index contributed by atoms with van der Waals surface area (Å²) in [5, 5.41) is 6.70. The third-order valence-corrected chi connectivity index (χ3v) is 3.70. The van der Waals surface area contributed by atoms with E-state index in [0.717, 1.165) is 6.92 Å². The van der Waals surface area contributed by atoms with E-state index >= 15 is 0 Å². The van der Waals surface area contributed by atoms with Gasteiger partial charge in [0.05, 0.1) is 6.54 Å². The zero-order chi connectivity index (χ0) is 16.8. The molecule has 0 radical (unpaired) electrons. The molecule has 3 atom stereocenters. The Balaban J connectivity index is 4.44. The number of carbonyl (C=O) groups is 3. The smallest absolute Gasteiger partial charge is 0.343 e. The van der Waals surface area contributed by atoms with E-state index in [0.29, 0.717) is 0 Å². The largest absolute Gasteiger partial charge is 0.347 e. The molecule has 0 bridgehead atoms. The van der Waals surface area contributed by atoms with E-state index in [9.17, 15) is 18.9 Å². The maximum atomic E-state index is 11.7. The third-order valence-electron chi connectivity index (χ3n) is 2.56. The molecule has 0 fully saturated rings. The molecule has 0 saturated carbocycles. The number of hydrogen-bond acceptors (Lipinski definition) is 5. The van der Waals surface area contributed by atoms with Gasteiger partial charge in [0, 0.05) is 0 Å². The van der Waals surface area contributed by atoms with Crippen LogP contribution >= 0.6 is 7.60 Å². The van der Waals surface area contributed by atoms with Gasteiger partial charge in [-0.1, -0.05) is 0 Å². The van der Waals surface area contributed by atoms with Gasteiger partial charge in [-0.15, -0.1) is 0 Å². The second-order valence-electron chi connectivity index (χ2n) is 4.50. The second kappa shape index (κ2) is 8.08. The molecule has 0 aromatic rings. The highest BCUT2D eigenvalue weighted by atomic mass is 31.2. The van der Waals surface area contributed by atoms with E-state index in [2.05, 4.69) is 16.0 Å². The summed E-state index contributed by atoms with van der Waals surface area (Å²) in [5.74, 6) is -3.26. The number of rotatable bonds is 7. The van der Waals surface area contributed by atoms with Crippen LogP contribution in [-0.4, -0.2) is 51.9 Å². The van der Waals surface area contributed by atoms with E-state index in [1.54, 1.807) is 0 Å². The zero-order valence-corrected chi connectivity index (χ0v) is 12.9. The number of nitrogens with one attached hydrogen (secondary N) is 3. The van der Waals surface area contributed by atoms with Crippen molar-refractivity contribution in [2.45, 2.75) is 38.6 Å². The van der Waals surface area contributed by atoms with Gasteiger partial charge >= 0.3 is 7.60 Å². The molecular formula is C10H21N4O6P. The monoisotopic (exact) mass is 324 g/mol. The van der Waals surface area contributed by atoms with Crippen LogP contribution in [0.25, 0.3) is 0 Å². The van der Waals surface area contributed by atoms with E-state index in [4.69, 9.17) is 15.5 Å². The van der Waals surface area contributed by atoms with Gasteiger partial charge in [0.15, 0.2) is 0 Å². The first-order valence-electron chi connectivity index (χ1n) is 6.14. The molecule has 0 rings (SSSR count). The van der Waals surface area contributed by atoms with Crippen LogP contribution in [-0.2, 0) is 18.9 Å². The highest BCUT2D eigenvalue weighted by molar-refractivity contribution is 7.52. The molecule has 122 valence electrons. The lowest BCUT2D eigenvalue weighted by Gasteiger charge is -2.21. The Morgan fingerprint density at radius 1 is 1.00 bits per heavy atom. The van der Waals surface area contributed by atoms with Crippen molar-refractivity contribution in [3.05, 3.63) is 0 Å². The van der Waals surface area contributed by atoms with Crippen LogP contribution in [0.4, 0.5) is 0 Å².